The van der Waals surface area contributed by atoms with Crippen LogP contribution in [-0.4, -0.2) is 31.8 Å². The van der Waals surface area contributed by atoms with Crippen LogP contribution in [0.25, 0.3) is 0 Å². The highest BCUT2D eigenvalue weighted by Gasteiger charge is 2.39. The molecule has 2 fully saturated rings. The quantitative estimate of drug-likeness (QED) is 0.827. The number of para-hydroxylation sites is 1. The zero-order valence-corrected chi connectivity index (χ0v) is 9.43. The minimum atomic E-state index is 0.455. The predicted octanol–water partition coefficient (Wildman–Crippen LogP) is 1.17. The van der Waals surface area contributed by atoms with E-state index in [2.05, 4.69) is 29.2 Å². The van der Waals surface area contributed by atoms with Gasteiger partial charge in [-0.1, -0.05) is 18.2 Å². The molecule has 2 heterocycles. The van der Waals surface area contributed by atoms with Crippen molar-refractivity contribution in [2.45, 2.75) is 25.0 Å². The highest BCUT2D eigenvalue weighted by Crippen LogP contribution is 2.34. The summed E-state index contributed by atoms with van der Waals surface area (Å²) in [5.74, 6) is 0. The van der Waals surface area contributed by atoms with Crippen LogP contribution in [0.5, 0.6) is 0 Å². The van der Waals surface area contributed by atoms with Crippen LogP contribution in [0.15, 0.2) is 24.3 Å². The van der Waals surface area contributed by atoms with Crippen molar-refractivity contribution in [2.24, 2.45) is 5.73 Å². The third-order valence-electron chi connectivity index (χ3n) is 3.62. The standard InChI is InChI=1S/C13H18N2O/c14-6-5-10-3-1-2-4-13(10)15-8-12-7-11(15)9-16-12/h1-4,11-12H,5-9,14H2. The van der Waals surface area contributed by atoms with E-state index in [1.165, 1.54) is 17.7 Å². The second-order valence-corrected chi connectivity index (χ2v) is 4.66. The molecule has 0 amide bonds. The fourth-order valence-corrected chi connectivity index (χ4v) is 2.85. The van der Waals surface area contributed by atoms with Crippen molar-refractivity contribution >= 4 is 5.69 Å². The number of hydrogen-bond donors (Lipinski definition) is 1. The molecule has 1 aromatic rings. The number of morpholine rings is 1. The Morgan fingerprint density at radius 1 is 1.38 bits per heavy atom. The van der Waals surface area contributed by atoms with Gasteiger partial charge in [0.25, 0.3) is 0 Å². The molecule has 3 nitrogen and oxygen atoms in total. The van der Waals surface area contributed by atoms with Gasteiger partial charge in [-0.25, -0.2) is 0 Å². The smallest absolute Gasteiger partial charge is 0.0771 e. The molecule has 0 aromatic heterocycles. The third-order valence-corrected chi connectivity index (χ3v) is 3.62. The van der Waals surface area contributed by atoms with Gasteiger partial charge in [-0.15, -0.1) is 0 Å². The lowest BCUT2D eigenvalue weighted by Gasteiger charge is -2.30. The number of rotatable bonds is 3. The Bertz CT molecular complexity index is 380. The van der Waals surface area contributed by atoms with E-state index in [0.29, 0.717) is 12.1 Å². The van der Waals surface area contributed by atoms with Gasteiger partial charge in [0.2, 0.25) is 0 Å². The maximum atomic E-state index is 5.66. The van der Waals surface area contributed by atoms with Gasteiger partial charge < -0.3 is 15.4 Å². The van der Waals surface area contributed by atoms with Gasteiger partial charge in [-0.3, -0.25) is 0 Å². The molecule has 2 unspecified atom stereocenters. The normalized spacial score (nSPS) is 27.7. The van der Waals surface area contributed by atoms with Crippen LogP contribution in [0.3, 0.4) is 0 Å². The topological polar surface area (TPSA) is 38.5 Å². The number of benzene rings is 1. The molecule has 3 heteroatoms. The van der Waals surface area contributed by atoms with Crippen molar-refractivity contribution in [3.8, 4) is 0 Å². The van der Waals surface area contributed by atoms with Crippen LogP contribution in [-0.2, 0) is 11.2 Å². The van der Waals surface area contributed by atoms with Gasteiger partial charge in [0.1, 0.15) is 0 Å². The molecular formula is C13H18N2O. The first kappa shape index (κ1) is 10.1. The summed E-state index contributed by atoms with van der Waals surface area (Å²) in [6.07, 6.45) is 2.61. The van der Waals surface area contributed by atoms with Crippen LogP contribution < -0.4 is 10.6 Å². The molecule has 2 atom stereocenters. The maximum Gasteiger partial charge on any atom is 0.0771 e. The zero-order valence-electron chi connectivity index (χ0n) is 9.43. The summed E-state index contributed by atoms with van der Waals surface area (Å²) in [5.41, 5.74) is 8.40. The van der Waals surface area contributed by atoms with E-state index in [-0.39, 0.29) is 0 Å². The number of ether oxygens (including phenoxy) is 1. The number of hydrogen-bond acceptors (Lipinski definition) is 3. The molecule has 2 aliphatic rings. The van der Waals surface area contributed by atoms with Crippen LogP contribution in [0.1, 0.15) is 12.0 Å². The van der Waals surface area contributed by atoms with Gasteiger partial charge in [-0.2, -0.15) is 0 Å². The molecule has 2 aliphatic heterocycles. The molecule has 0 aliphatic carbocycles. The molecule has 86 valence electrons. The summed E-state index contributed by atoms with van der Waals surface area (Å²) >= 11 is 0. The molecule has 2 saturated heterocycles. The van der Waals surface area contributed by atoms with E-state index in [0.717, 1.165) is 26.1 Å². The van der Waals surface area contributed by atoms with Crippen molar-refractivity contribution < 1.29 is 4.74 Å². The lowest BCUT2D eigenvalue weighted by Crippen LogP contribution is -2.37. The van der Waals surface area contributed by atoms with E-state index < -0.39 is 0 Å². The first-order valence-electron chi connectivity index (χ1n) is 6.04. The Balaban J connectivity index is 1.88. The van der Waals surface area contributed by atoms with Crippen LogP contribution >= 0.6 is 0 Å². The zero-order chi connectivity index (χ0) is 11.0. The van der Waals surface area contributed by atoms with Crippen molar-refractivity contribution in [3.05, 3.63) is 29.8 Å². The number of fused-ring (bicyclic) bond motifs is 2. The Morgan fingerprint density at radius 3 is 2.94 bits per heavy atom. The summed E-state index contributed by atoms with van der Waals surface area (Å²) in [6, 6.07) is 9.20. The average molecular weight is 218 g/mol. The SMILES string of the molecule is NCCc1ccccc1N1CC2CC1CO2. The van der Waals surface area contributed by atoms with Crippen LogP contribution in [0.4, 0.5) is 5.69 Å². The van der Waals surface area contributed by atoms with Crippen molar-refractivity contribution in [2.75, 3.05) is 24.6 Å². The minimum absolute atomic E-state index is 0.455. The maximum absolute atomic E-state index is 5.66. The Kier molecular flexibility index (Phi) is 2.58. The Labute approximate surface area is 96.2 Å². The molecule has 0 saturated carbocycles. The lowest BCUT2D eigenvalue weighted by molar-refractivity contribution is 0.0991. The second kappa shape index (κ2) is 4.07. The van der Waals surface area contributed by atoms with Gasteiger partial charge in [0.05, 0.1) is 18.8 Å². The summed E-state index contributed by atoms with van der Waals surface area (Å²) < 4.78 is 5.64. The van der Waals surface area contributed by atoms with Crippen LogP contribution in [0.2, 0.25) is 0 Å². The summed E-state index contributed by atoms with van der Waals surface area (Å²) in [6.45, 7) is 2.66. The van der Waals surface area contributed by atoms with E-state index in [9.17, 15) is 0 Å². The fraction of sp³-hybridized carbons (Fsp3) is 0.538. The highest BCUT2D eigenvalue weighted by molar-refractivity contribution is 5.56. The van der Waals surface area contributed by atoms with E-state index in [4.69, 9.17) is 10.5 Å². The summed E-state index contributed by atoms with van der Waals surface area (Å²) in [4.78, 5) is 2.50. The van der Waals surface area contributed by atoms with Gasteiger partial charge in [-0.05, 0) is 31.0 Å². The first-order valence-corrected chi connectivity index (χ1v) is 6.04. The van der Waals surface area contributed by atoms with Crippen molar-refractivity contribution in [1.29, 1.82) is 0 Å². The molecule has 0 spiro atoms. The monoisotopic (exact) mass is 218 g/mol. The van der Waals surface area contributed by atoms with Gasteiger partial charge in [0.15, 0.2) is 0 Å². The highest BCUT2D eigenvalue weighted by atomic mass is 16.5. The van der Waals surface area contributed by atoms with Crippen LogP contribution in [0, 0.1) is 0 Å². The fourth-order valence-electron chi connectivity index (χ4n) is 2.85. The lowest BCUT2D eigenvalue weighted by atomic mass is 10.1. The number of nitrogens with two attached hydrogens (primary N) is 1. The molecule has 2 N–H and O–H groups in total. The molecule has 1 aromatic carbocycles. The summed E-state index contributed by atoms with van der Waals surface area (Å²) in [5, 5.41) is 0. The predicted molar refractivity (Wildman–Crippen MR) is 64.7 cm³/mol. The van der Waals surface area contributed by atoms with Gasteiger partial charge >= 0.3 is 0 Å². The third kappa shape index (κ3) is 1.60. The average Bonchev–Trinajstić information content (AvgIpc) is 2.92. The number of anilines is 1. The summed E-state index contributed by atoms with van der Waals surface area (Å²) in [7, 11) is 0. The van der Waals surface area contributed by atoms with Crippen molar-refractivity contribution in [3.63, 3.8) is 0 Å². The number of nitrogens with zero attached hydrogens (tertiary/aromatic N) is 1. The van der Waals surface area contributed by atoms with Crippen molar-refractivity contribution in [1.82, 2.24) is 0 Å². The largest absolute Gasteiger partial charge is 0.374 e. The minimum Gasteiger partial charge on any atom is -0.374 e. The van der Waals surface area contributed by atoms with Gasteiger partial charge in [0, 0.05) is 12.2 Å². The molecular weight excluding hydrogens is 200 g/mol. The molecule has 2 bridgehead atoms. The Hall–Kier alpha value is -1.06. The first-order chi connectivity index (χ1) is 7.88. The van der Waals surface area contributed by atoms with E-state index >= 15 is 0 Å². The second-order valence-electron chi connectivity index (χ2n) is 4.66. The molecule has 0 radical (unpaired) electrons. The van der Waals surface area contributed by atoms with E-state index in [1.807, 2.05) is 0 Å². The molecule has 16 heavy (non-hydrogen) atoms. The Morgan fingerprint density at radius 2 is 2.25 bits per heavy atom. The molecule has 3 rings (SSSR count). The van der Waals surface area contributed by atoms with E-state index in [1.54, 1.807) is 0 Å².